The maximum Gasteiger partial charge on any atom is 0.339 e. The summed E-state index contributed by atoms with van der Waals surface area (Å²) in [5, 5.41) is 9.25. The Hall–Kier alpha value is -2.49. The summed E-state index contributed by atoms with van der Waals surface area (Å²) < 4.78 is 9.94. The summed E-state index contributed by atoms with van der Waals surface area (Å²) in [6, 6.07) is 9.80. The number of rotatable bonds is 3. The Morgan fingerprint density at radius 3 is 2.50 bits per heavy atom. The Morgan fingerprint density at radius 2 is 1.89 bits per heavy atom. The Labute approximate surface area is 104 Å². The largest absolute Gasteiger partial charge is 0.508 e. The van der Waals surface area contributed by atoms with Crippen LogP contribution < -0.4 is 10.4 Å². The zero-order valence-electron chi connectivity index (χ0n) is 9.79. The highest BCUT2D eigenvalue weighted by atomic mass is 16.5. The first-order valence-electron chi connectivity index (χ1n) is 5.34. The molecule has 0 atom stereocenters. The van der Waals surface area contributed by atoms with E-state index in [1.165, 1.54) is 6.07 Å². The summed E-state index contributed by atoms with van der Waals surface area (Å²) in [6.45, 7) is 0. The molecule has 4 heteroatoms. The predicted octanol–water partition coefficient (Wildman–Crippen LogP) is 2.52. The van der Waals surface area contributed by atoms with Crippen LogP contribution in [0.15, 0.2) is 45.6 Å². The van der Waals surface area contributed by atoms with Crippen LogP contribution in [-0.4, -0.2) is 12.2 Å². The van der Waals surface area contributed by atoms with Crippen molar-refractivity contribution in [2.75, 3.05) is 7.11 Å². The molecule has 0 saturated carbocycles. The zero-order valence-corrected chi connectivity index (χ0v) is 9.79. The van der Waals surface area contributed by atoms with Gasteiger partial charge in [0.1, 0.15) is 17.3 Å². The van der Waals surface area contributed by atoms with Gasteiger partial charge in [0.2, 0.25) is 0 Å². The van der Waals surface area contributed by atoms with E-state index in [2.05, 4.69) is 0 Å². The fourth-order valence-corrected chi connectivity index (χ4v) is 1.46. The van der Waals surface area contributed by atoms with Crippen LogP contribution in [0.1, 0.15) is 11.3 Å². The smallest absolute Gasteiger partial charge is 0.339 e. The van der Waals surface area contributed by atoms with E-state index in [0.717, 1.165) is 17.4 Å². The van der Waals surface area contributed by atoms with E-state index in [9.17, 15) is 9.90 Å². The Balaban J connectivity index is 2.21. The van der Waals surface area contributed by atoms with Gasteiger partial charge in [-0.05, 0) is 23.8 Å². The number of benzene rings is 1. The average Bonchev–Trinajstić information content (AvgIpc) is 2.36. The van der Waals surface area contributed by atoms with Gasteiger partial charge in [0.15, 0.2) is 0 Å². The summed E-state index contributed by atoms with van der Waals surface area (Å²) in [5.74, 6) is 0.965. The lowest BCUT2D eigenvalue weighted by atomic mass is 10.2. The van der Waals surface area contributed by atoms with Gasteiger partial charge in [-0.1, -0.05) is 18.2 Å². The van der Waals surface area contributed by atoms with Gasteiger partial charge in [0.25, 0.3) is 0 Å². The van der Waals surface area contributed by atoms with E-state index >= 15 is 0 Å². The minimum atomic E-state index is -0.579. The highest BCUT2D eigenvalue weighted by Crippen LogP contribution is 2.15. The van der Waals surface area contributed by atoms with Gasteiger partial charge in [0, 0.05) is 6.07 Å². The molecule has 4 nitrogen and oxygen atoms in total. The van der Waals surface area contributed by atoms with E-state index in [1.54, 1.807) is 19.3 Å². The molecule has 0 saturated heterocycles. The lowest BCUT2D eigenvalue weighted by Gasteiger charge is -1.99. The van der Waals surface area contributed by atoms with Gasteiger partial charge >= 0.3 is 5.63 Å². The van der Waals surface area contributed by atoms with Crippen LogP contribution >= 0.6 is 0 Å². The van der Waals surface area contributed by atoms with Gasteiger partial charge in [-0.25, -0.2) is 4.79 Å². The summed E-state index contributed by atoms with van der Waals surface area (Å²) in [4.78, 5) is 11.0. The first-order valence-corrected chi connectivity index (χ1v) is 5.34. The van der Waals surface area contributed by atoms with Crippen molar-refractivity contribution in [2.45, 2.75) is 0 Å². The Bertz CT molecular complexity index is 608. The monoisotopic (exact) mass is 244 g/mol. The molecule has 1 aromatic carbocycles. The van der Waals surface area contributed by atoms with Gasteiger partial charge in [-0.15, -0.1) is 0 Å². The number of hydrogen-bond acceptors (Lipinski definition) is 4. The molecule has 1 N–H and O–H groups in total. The summed E-state index contributed by atoms with van der Waals surface area (Å²) >= 11 is 0. The first kappa shape index (κ1) is 12.0. The fourth-order valence-electron chi connectivity index (χ4n) is 1.46. The second-order valence-electron chi connectivity index (χ2n) is 3.64. The standard InChI is InChI=1S/C14H12O4/c1-17-12-5-2-10(3-6-12)4-7-13-8-11(15)9-14(16)18-13/h2-9,15H,1H3/b7-4+. The normalized spacial score (nSPS) is 10.7. The molecule has 1 heterocycles. The highest BCUT2D eigenvalue weighted by Gasteiger charge is 1.97. The van der Waals surface area contributed by atoms with Crippen molar-refractivity contribution in [3.63, 3.8) is 0 Å². The maximum atomic E-state index is 11.0. The molecule has 0 aliphatic carbocycles. The minimum Gasteiger partial charge on any atom is -0.508 e. The Kier molecular flexibility index (Phi) is 3.48. The van der Waals surface area contributed by atoms with Crippen molar-refractivity contribution in [3.05, 3.63) is 58.1 Å². The van der Waals surface area contributed by atoms with Crippen LogP contribution in [0, 0.1) is 0 Å². The van der Waals surface area contributed by atoms with Crippen molar-refractivity contribution in [2.24, 2.45) is 0 Å². The van der Waals surface area contributed by atoms with Crippen LogP contribution in [0.4, 0.5) is 0 Å². The lowest BCUT2D eigenvalue weighted by Crippen LogP contribution is -1.95. The molecule has 0 amide bonds. The van der Waals surface area contributed by atoms with E-state index in [4.69, 9.17) is 9.15 Å². The quantitative estimate of drug-likeness (QED) is 0.901. The molecule has 1 aromatic heterocycles. The summed E-state index contributed by atoms with van der Waals surface area (Å²) in [5.41, 5.74) is 0.353. The average molecular weight is 244 g/mol. The highest BCUT2D eigenvalue weighted by molar-refractivity contribution is 5.67. The minimum absolute atomic E-state index is 0.111. The molecule has 0 unspecified atom stereocenters. The SMILES string of the molecule is COc1ccc(/C=C/c2cc(O)cc(=O)o2)cc1. The van der Waals surface area contributed by atoms with Gasteiger partial charge in [0.05, 0.1) is 13.2 Å². The third kappa shape index (κ3) is 3.01. The van der Waals surface area contributed by atoms with Crippen LogP contribution in [0.2, 0.25) is 0 Å². The molecule has 0 aliphatic heterocycles. The van der Waals surface area contributed by atoms with Crippen molar-refractivity contribution in [1.82, 2.24) is 0 Å². The summed E-state index contributed by atoms with van der Waals surface area (Å²) in [6.07, 6.45) is 3.39. The lowest BCUT2D eigenvalue weighted by molar-refractivity contribution is 0.415. The third-order valence-electron chi connectivity index (χ3n) is 2.33. The molecule has 92 valence electrons. The Morgan fingerprint density at radius 1 is 1.17 bits per heavy atom. The predicted molar refractivity (Wildman–Crippen MR) is 68.6 cm³/mol. The van der Waals surface area contributed by atoms with Crippen molar-refractivity contribution < 1.29 is 14.3 Å². The molecular weight excluding hydrogens is 232 g/mol. The number of methoxy groups -OCH3 is 1. The van der Waals surface area contributed by atoms with Gasteiger partial charge < -0.3 is 14.3 Å². The molecule has 18 heavy (non-hydrogen) atoms. The van der Waals surface area contributed by atoms with Crippen LogP contribution in [0.25, 0.3) is 12.2 Å². The van der Waals surface area contributed by atoms with Gasteiger partial charge in [-0.3, -0.25) is 0 Å². The van der Waals surface area contributed by atoms with E-state index in [-0.39, 0.29) is 5.75 Å². The molecule has 2 rings (SSSR count). The zero-order chi connectivity index (χ0) is 13.0. The molecule has 0 spiro atoms. The van der Waals surface area contributed by atoms with Crippen molar-refractivity contribution in [1.29, 1.82) is 0 Å². The first-order chi connectivity index (χ1) is 8.67. The third-order valence-corrected chi connectivity index (χ3v) is 2.33. The molecule has 0 radical (unpaired) electrons. The van der Waals surface area contributed by atoms with E-state index in [0.29, 0.717) is 5.76 Å². The van der Waals surface area contributed by atoms with E-state index in [1.807, 2.05) is 24.3 Å². The molecular formula is C14H12O4. The fraction of sp³-hybridized carbons (Fsp3) is 0.0714. The van der Waals surface area contributed by atoms with E-state index < -0.39 is 5.63 Å². The molecule has 0 fully saturated rings. The topological polar surface area (TPSA) is 59.7 Å². The van der Waals surface area contributed by atoms with Crippen molar-refractivity contribution >= 4 is 12.2 Å². The second kappa shape index (κ2) is 5.23. The number of ether oxygens (including phenoxy) is 1. The molecule has 0 aliphatic rings. The van der Waals surface area contributed by atoms with Crippen LogP contribution in [-0.2, 0) is 0 Å². The van der Waals surface area contributed by atoms with Gasteiger partial charge in [-0.2, -0.15) is 0 Å². The summed E-state index contributed by atoms with van der Waals surface area (Å²) in [7, 11) is 1.60. The molecule has 2 aromatic rings. The second-order valence-corrected chi connectivity index (χ2v) is 3.64. The number of hydrogen-bond donors (Lipinski definition) is 1. The van der Waals surface area contributed by atoms with Crippen LogP contribution in [0.5, 0.6) is 11.5 Å². The maximum absolute atomic E-state index is 11.0. The van der Waals surface area contributed by atoms with Crippen molar-refractivity contribution in [3.8, 4) is 11.5 Å². The number of aromatic hydroxyl groups is 1. The van der Waals surface area contributed by atoms with Crippen LogP contribution in [0.3, 0.4) is 0 Å². The molecule has 0 bridgehead atoms.